The van der Waals surface area contributed by atoms with Crippen molar-refractivity contribution in [2.45, 2.75) is 93.3 Å². The number of pyridine rings is 2. The smallest absolute Gasteiger partial charge is 0.278 e. The summed E-state index contributed by atoms with van der Waals surface area (Å²) in [5, 5.41) is 13.7. The first-order valence-electron chi connectivity index (χ1n) is 28.8. The van der Waals surface area contributed by atoms with E-state index in [0.29, 0.717) is 92.8 Å². The van der Waals surface area contributed by atoms with Gasteiger partial charge in [0, 0.05) is 118 Å². The third-order valence-electron chi connectivity index (χ3n) is 14.1. The number of hydrogen-bond donors (Lipinski definition) is 3. The second kappa shape index (κ2) is 25.8. The van der Waals surface area contributed by atoms with Crippen LogP contribution in [0.5, 0.6) is 23.3 Å². The first kappa shape index (κ1) is 51.4. The van der Waals surface area contributed by atoms with Crippen molar-refractivity contribution < 1.29 is 48.7 Å². The summed E-state index contributed by atoms with van der Waals surface area (Å²) in [7, 11) is -5.83. The lowest BCUT2D eigenvalue weighted by Gasteiger charge is -2.34. The molecule has 2 saturated heterocycles. The van der Waals surface area contributed by atoms with Crippen LogP contribution in [0.3, 0.4) is 0 Å². The fourth-order valence-electron chi connectivity index (χ4n) is 9.55. The summed E-state index contributed by atoms with van der Waals surface area (Å²) in [5.41, 5.74) is 12.2. The van der Waals surface area contributed by atoms with Gasteiger partial charge in [0.2, 0.25) is 22.4 Å². The number of nitrogens with zero attached hydrogens (tertiary/aromatic N) is 11. The molecule has 79 heavy (non-hydrogen) atoms. The van der Waals surface area contributed by atoms with Crippen molar-refractivity contribution in [3.8, 4) is 45.5 Å². The number of aromatic amines is 1. The Balaban J connectivity index is 0.000000175. The number of methoxy groups -OCH3 is 2. The Labute approximate surface area is 481 Å². The summed E-state index contributed by atoms with van der Waals surface area (Å²) in [6, 6.07) is 15.7. The van der Waals surface area contributed by atoms with Crippen LogP contribution in [0.1, 0.15) is 45.0 Å². The molecule has 2 fully saturated rings. The maximum atomic E-state index is 13.2. The Kier molecular flexibility index (Phi) is 16.8. The van der Waals surface area contributed by atoms with E-state index >= 15 is 0 Å². The molecule has 2 aromatic carbocycles. The van der Waals surface area contributed by atoms with E-state index in [9.17, 15) is 16.8 Å². The average Bonchev–Trinajstić information content (AvgIpc) is 3.68. The summed E-state index contributed by atoms with van der Waals surface area (Å²) >= 11 is 3.19. The highest BCUT2D eigenvalue weighted by Crippen LogP contribution is 2.42. The number of hydrogen-bond acceptors (Lipinski definition) is 19. The maximum absolute atomic E-state index is 13.2. The Morgan fingerprint density at radius 3 is 1.90 bits per heavy atom. The number of ether oxygens (including phenoxy) is 5. The normalized spacial score (nSPS) is 17.7. The molecular weight excluding hydrogens is 1140 g/mol. The predicted molar refractivity (Wildman–Crippen MR) is 308 cm³/mol. The van der Waals surface area contributed by atoms with E-state index in [1.165, 1.54) is 31.8 Å². The van der Waals surface area contributed by atoms with Gasteiger partial charge in [-0.05, 0) is 123 Å². The molecule has 0 spiro atoms. The number of piperidine rings is 2. The van der Waals surface area contributed by atoms with Crippen molar-refractivity contribution >= 4 is 61.4 Å². The Hall–Kier alpha value is -5.78. The second-order valence-electron chi connectivity index (χ2n) is 20.9. The lowest BCUT2D eigenvalue weighted by molar-refractivity contribution is 0.0708. The highest BCUT2D eigenvalue weighted by molar-refractivity contribution is 9.10. The summed E-state index contributed by atoms with van der Waals surface area (Å²) in [6.07, 6.45) is 7.46. The molecular formula is C52H73BrN14O9S2Si. The lowest BCUT2D eigenvalue weighted by Crippen LogP contribution is -2.45. The predicted octanol–water partition coefficient (Wildman–Crippen LogP) is 6.61. The summed E-state index contributed by atoms with van der Waals surface area (Å²) in [4.78, 5) is 20.5. The molecule has 0 amide bonds. The quantitative estimate of drug-likeness (QED) is 0.0493. The topological polar surface area (TPSA) is 264 Å². The van der Waals surface area contributed by atoms with Gasteiger partial charge in [0.05, 0.1) is 41.2 Å². The van der Waals surface area contributed by atoms with Crippen LogP contribution in [0.2, 0.25) is 25.7 Å². The van der Waals surface area contributed by atoms with Crippen molar-refractivity contribution in [1.29, 1.82) is 0 Å². The van der Waals surface area contributed by atoms with Crippen LogP contribution in [-0.4, -0.2) is 184 Å². The molecule has 428 valence electrons. The van der Waals surface area contributed by atoms with E-state index in [4.69, 9.17) is 37.6 Å². The summed E-state index contributed by atoms with van der Waals surface area (Å²) in [6.45, 7) is 10.4. The van der Waals surface area contributed by atoms with Crippen molar-refractivity contribution in [1.82, 2.24) is 58.3 Å². The van der Waals surface area contributed by atoms with Gasteiger partial charge in [0.15, 0.2) is 0 Å². The SMILES string of the molecule is CN(C)C1CCN(S(=O)(=O)c2nc(Br)nn2COCC[Si](C)(C)C)CC1.[2H]C([2H])([2H])Oc1cc(-c2ccc3c(c2N)CCO3)ccn1.[2H]C([2H])([2H])Oc1cc(-c2ccc3c(c2Nc2n[nH]c(S(=O)(=O)N4CCC(N(C)C)CC4)n2)CCO3)ccn1. The lowest BCUT2D eigenvalue weighted by atomic mass is 9.99. The molecule has 27 heteroatoms. The molecule has 4 aromatic heterocycles. The van der Waals surface area contributed by atoms with Crippen LogP contribution in [0.4, 0.5) is 17.3 Å². The van der Waals surface area contributed by atoms with Crippen LogP contribution in [-0.2, 0) is 44.4 Å². The number of nitrogens with one attached hydrogen (secondary N) is 2. The number of halogens is 1. The number of nitrogen functional groups attached to an aromatic ring is 1. The van der Waals surface area contributed by atoms with Gasteiger partial charge in [-0.1, -0.05) is 19.6 Å². The van der Waals surface area contributed by atoms with Crippen molar-refractivity contribution in [3.63, 3.8) is 0 Å². The molecule has 4 aliphatic rings. The third-order valence-corrected chi connectivity index (χ3v) is 19.7. The minimum absolute atomic E-state index is 0.0450. The first-order valence-corrected chi connectivity index (χ1v) is 33.2. The Morgan fingerprint density at radius 2 is 1.33 bits per heavy atom. The van der Waals surface area contributed by atoms with E-state index < -0.39 is 42.2 Å². The van der Waals surface area contributed by atoms with E-state index in [-0.39, 0.29) is 39.5 Å². The van der Waals surface area contributed by atoms with Gasteiger partial charge in [-0.3, -0.25) is 0 Å². The average molecular weight is 1220 g/mol. The molecule has 0 unspecified atom stereocenters. The standard InChI is InChI=1S/C23H29N7O4S.C15H30BrN5O3SSi.C14H14N2O2/c1-29(2)16-7-11-30(12-8-16)35(31,32)23-26-22(27-28-23)25-21-17(4-5-19-18(21)9-13-34-19)15-6-10-24-20(14-15)33-3;1-19(2)13-6-8-20(9-7-13)25(22,23)15-17-14(16)18-21(15)12-24-10-11-26(3,4)5;1-17-13-8-9(4-6-16-13)10-2-3-12-11(14(10)15)5-7-18-12/h4-6,10,14,16H,7-9,11-13H2,1-3H3,(H2,25,26,27,28);13H,6-12H2,1-5H3;2-4,6,8H,5,7,15H2,1H3/i3D3;;1D3. The van der Waals surface area contributed by atoms with E-state index in [1.807, 2.05) is 52.5 Å². The number of rotatable bonds is 17. The number of anilines is 3. The molecule has 8 heterocycles. The third kappa shape index (κ3) is 14.4. The van der Waals surface area contributed by atoms with E-state index in [0.717, 1.165) is 66.2 Å². The number of sulfonamides is 2. The van der Waals surface area contributed by atoms with Gasteiger partial charge in [-0.15, -0.1) is 10.2 Å². The number of benzene rings is 2. The van der Waals surface area contributed by atoms with Crippen LogP contribution < -0.4 is 30.0 Å². The monoisotopic (exact) mass is 1210 g/mol. The summed E-state index contributed by atoms with van der Waals surface area (Å²) < 4.78 is 127. The molecule has 23 nitrogen and oxygen atoms in total. The molecule has 0 atom stereocenters. The van der Waals surface area contributed by atoms with Crippen molar-refractivity contribution in [2.24, 2.45) is 0 Å². The highest BCUT2D eigenvalue weighted by Gasteiger charge is 2.35. The molecule has 0 radical (unpaired) electrons. The largest absolute Gasteiger partial charge is 0.493 e. The fraction of sp³-hybridized carbons (Fsp3) is 0.500. The van der Waals surface area contributed by atoms with Crippen LogP contribution in [0.15, 0.2) is 76.0 Å². The molecule has 6 aromatic rings. The highest BCUT2D eigenvalue weighted by atomic mass is 79.9. The first-order chi connectivity index (χ1) is 40.0. The van der Waals surface area contributed by atoms with Gasteiger partial charge in [-0.25, -0.2) is 36.6 Å². The van der Waals surface area contributed by atoms with Crippen LogP contribution in [0.25, 0.3) is 22.3 Å². The van der Waals surface area contributed by atoms with Gasteiger partial charge >= 0.3 is 0 Å². The molecule has 0 saturated carbocycles. The van der Waals surface area contributed by atoms with E-state index in [1.54, 1.807) is 18.2 Å². The van der Waals surface area contributed by atoms with E-state index in [2.05, 4.69) is 85.9 Å². The Morgan fingerprint density at radius 1 is 0.785 bits per heavy atom. The van der Waals surface area contributed by atoms with Crippen molar-refractivity contribution in [3.05, 3.63) is 76.8 Å². The fourth-order valence-corrected chi connectivity index (χ4v) is 13.6. The molecule has 4 aliphatic heterocycles. The minimum atomic E-state index is -3.84. The summed E-state index contributed by atoms with van der Waals surface area (Å²) in [5.74, 6) is 1.58. The molecule has 0 bridgehead atoms. The number of nitrogens with two attached hydrogens (primary N) is 1. The molecule has 0 aliphatic carbocycles. The number of H-pyrrole nitrogens is 1. The Bertz CT molecular complexity index is 3510. The van der Waals surface area contributed by atoms with Crippen LogP contribution in [0, 0.1) is 0 Å². The zero-order chi connectivity index (χ0) is 61.6. The minimum Gasteiger partial charge on any atom is -0.493 e. The van der Waals surface area contributed by atoms with Gasteiger partial charge in [0.25, 0.3) is 30.4 Å². The second-order valence-corrected chi connectivity index (χ2v) is 30.9. The zero-order valence-electron chi connectivity index (χ0n) is 51.4. The zero-order valence-corrected chi connectivity index (χ0v) is 49.6. The maximum Gasteiger partial charge on any atom is 0.278 e. The van der Waals surface area contributed by atoms with Crippen LogP contribution >= 0.6 is 15.9 Å². The number of fused-ring (bicyclic) bond motifs is 2. The van der Waals surface area contributed by atoms with Crippen molar-refractivity contribution in [2.75, 3.05) is 99.3 Å². The molecule has 4 N–H and O–H groups in total. The van der Waals surface area contributed by atoms with Gasteiger partial charge < -0.3 is 44.5 Å². The van der Waals surface area contributed by atoms with Gasteiger partial charge in [0.1, 0.15) is 18.2 Å². The number of aromatic nitrogens is 8. The molecule has 10 rings (SSSR count). The van der Waals surface area contributed by atoms with Gasteiger partial charge in [-0.2, -0.15) is 18.6 Å².